The molecule has 0 radical (unpaired) electrons. The summed E-state index contributed by atoms with van der Waals surface area (Å²) in [6.07, 6.45) is 3.83. The third-order valence-electron chi connectivity index (χ3n) is 7.20. The van der Waals surface area contributed by atoms with Crippen molar-refractivity contribution in [2.75, 3.05) is 16.9 Å². The van der Waals surface area contributed by atoms with Crippen LogP contribution in [0.1, 0.15) is 15.9 Å². The molecule has 0 spiro atoms. The second-order valence-corrected chi connectivity index (χ2v) is 9.87. The van der Waals surface area contributed by atoms with Gasteiger partial charge in [0, 0.05) is 11.3 Å². The molecule has 2 saturated heterocycles. The number of fused-ring (bicyclic) bond motifs is 5. The van der Waals surface area contributed by atoms with Crippen LogP contribution in [0.2, 0.25) is 0 Å². The number of imide groups is 1. The molecule has 36 heavy (non-hydrogen) atoms. The van der Waals surface area contributed by atoms with Crippen molar-refractivity contribution in [1.29, 1.82) is 0 Å². The van der Waals surface area contributed by atoms with Gasteiger partial charge in [-0.25, -0.2) is 9.29 Å². The lowest BCUT2D eigenvalue weighted by atomic mass is 9.86. The minimum Gasteiger partial charge on any atom is -0.496 e. The molecule has 3 heterocycles. The number of rotatable bonds is 4. The van der Waals surface area contributed by atoms with Crippen molar-refractivity contribution < 1.29 is 23.5 Å². The van der Waals surface area contributed by atoms with Crippen molar-refractivity contribution in [3.05, 3.63) is 94.2 Å². The first-order valence-electron chi connectivity index (χ1n) is 11.5. The minimum atomic E-state index is -0.895. The zero-order valence-corrected chi connectivity index (χ0v) is 20.7. The molecular weight excluding hydrogens is 527 g/mol. The van der Waals surface area contributed by atoms with Crippen LogP contribution in [0.15, 0.2) is 77.3 Å². The number of methoxy groups -OCH3 is 1. The van der Waals surface area contributed by atoms with Gasteiger partial charge in [-0.2, -0.15) is 0 Å². The molecule has 180 valence electrons. The van der Waals surface area contributed by atoms with Gasteiger partial charge in [-0.05, 0) is 70.0 Å². The van der Waals surface area contributed by atoms with Gasteiger partial charge < -0.3 is 9.64 Å². The standard InChI is InChI=1S/C28H20BrFN2O4/c1-36-22-13-7-16(14-19(22)29)26(33)25-24-23(21-12-6-15-4-2-3-5-20(15)32(21)25)27(34)31(28(24)35)18-10-8-17(30)9-11-18/h2-14,21,23-25H,1H3/t21-,23-,24+,25-/m1/s1. The lowest BCUT2D eigenvalue weighted by molar-refractivity contribution is -0.122. The van der Waals surface area contributed by atoms with Gasteiger partial charge in [0.15, 0.2) is 5.78 Å². The molecule has 0 bridgehead atoms. The molecular formula is C28H20BrFN2O4. The molecule has 3 aromatic rings. The Morgan fingerprint density at radius 2 is 1.69 bits per heavy atom. The maximum absolute atomic E-state index is 14.1. The highest BCUT2D eigenvalue weighted by Crippen LogP contribution is 2.50. The van der Waals surface area contributed by atoms with E-state index in [0.717, 1.165) is 16.2 Å². The van der Waals surface area contributed by atoms with Crippen LogP contribution in [0, 0.1) is 17.7 Å². The fourth-order valence-corrected chi connectivity index (χ4v) is 6.19. The van der Waals surface area contributed by atoms with Crippen molar-refractivity contribution in [2.24, 2.45) is 11.8 Å². The zero-order valence-electron chi connectivity index (χ0n) is 19.1. The highest BCUT2D eigenvalue weighted by atomic mass is 79.9. The van der Waals surface area contributed by atoms with E-state index in [-0.39, 0.29) is 11.7 Å². The molecule has 4 atom stereocenters. The molecule has 0 aromatic heterocycles. The summed E-state index contributed by atoms with van der Waals surface area (Å²) < 4.78 is 19.5. The highest BCUT2D eigenvalue weighted by molar-refractivity contribution is 9.10. The molecule has 0 unspecified atom stereocenters. The average Bonchev–Trinajstić information content (AvgIpc) is 3.37. The highest BCUT2D eigenvalue weighted by Gasteiger charge is 2.64. The second kappa shape index (κ2) is 8.41. The molecule has 2 amide bonds. The molecule has 3 aromatic carbocycles. The van der Waals surface area contributed by atoms with Crippen LogP contribution in [-0.2, 0) is 9.59 Å². The van der Waals surface area contributed by atoms with Crippen molar-refractivity contribution in [2.45, 2.75) is 12.1 Å². The largest absolute Gasteiger partial charge is 0.496 e. The van der Waals surface area contributed by atoms with Gasteiger partial charge in [-0.15, -0.1) is 0 Å². The fourth-order valence-electron chi connectivity index (χ4n) is 5.65. The average molecular weight is 547 g/mol. The summed E-state index contributed by atoms with van der Waals surface area (Å²) in [6, 6.07) is 16.5. The first-order chi connectivity index (χ1) is 17.4. The van der Waals surface area contributed by atoms with E-state index in [2.05, 4.69) is 15.9 Å². The normalized spacial score (nSPS) is 24.0. The predicted molar refractivity (Wildman–Crippen MR) is 136 cm³/mol. The number of nitrogens with zero attached hydrogens (tertiary/aromatic N) is 2. The van der Waals surface area contributed by atoms with Crippen molar-refractivity contribution in [1.82, 2.24) is 0 Å². The number of halogens is 2. The molecule has 0 aliphatic carbocycles. The molecule has 0 saturated carbocycles. The SMILES string of the molecule is COc1ccc(C(=O)[C@H]2[C@H]3C(=O)N(c4ccc(F)cc4)C(=O)[C@@H]3[C@H]3C=Cc4ccccc4N32)cc1Br. The third-order valence-corrected chi connectivity index (χ3v) is 7.82. The van der Waals surface area contributed by atoms with Gasteiger partial charge >= 0.3 is 0 Å². The number of para-hydroxylation sites is 1. The van der Waals surface area contributed by atoms with E-state index in [1.807, 2.05) is 41.3 Å². The molecule has 0 N–H and O–H groups in total. The maximum Gasteiger partial charge on any atom is 0.240 e. The van der Waals surface area contributed by atoms with Crippen LogP contribution in [0.3, 0.4) is 0 Å². The van der Waals surface area contributed by atoms with Gasteiger partial charge in [0.25, 0.3) is 0 Å². The lowest BCUT2D eigenvalue weighted by Gasteiger charge is -2.36. The first kappa shape index (κ1) is 22.7. The first-order valence-corrected chi connectivity index (χ1v) is 12.3. The predicted octanol–water partition coefficient (Wildman–Crippen LogP) is 4.87. The Morgan fingerprint density at radius 3 is 2.42 bits per heavy atom. The summed E-state index contributed by atoms with van der Waals surface area (Å²) >= 11 is 3.44. The molecule has 8 heteroatoms. The van der Waals surface area contributed by atoms with Crippen LogP contribution in [0.25, 0.3) is 6.08 Å². The number of carbonyl (C=O) groups is 3. The van der Waals surface area contributed by atoms with Gasteiger partial charge in [0.05, 0.1) is 35.1 Å². The Balaban J connectivity index is 1.48. The number of hydrogen-bond donors (Lipinski definition) is 0. The Kier molecular flexibility index (Phi) is 5.30. The monoisotopic (exact) mass is 546 g/mol. The number of benzene rings is 3. The van der Waals surface area contributed by atoms with Crippen LogP contribution < -0.4 is 14.5 Å². The summed E-state index contributed by atoms with van der Waals surface area (Å²) in [6.45, 7) is 0. The van der Waals surface area contributed by atoms with E-state index in [1.165, 1.54) is 31.4 Å². The van der Waals surface area contributed by atoms with Gasteiger partial charge in [0.2, 0.25) is 11.8 Å². The van der Waals surface area contributed by atoms with Crippen LogP contribution in [0.4, 0.5) is 15.8 Å². The number of ketones is 1. The van der Waals surface area contributed by atoms with E-state index in [0.29, 0.717) is 21.5 Å². The summed E-state index contributed by atoms with van der Waals surface area (Å²) in [5.74, 6) is -2.63. The summed E-state index contributed by atoms with van der Waals surface area (Å²) in [4.78, 5) is 44.6. The van der Waals surface area contributed by atoms with Crippen LogP contribution in [-0.4, -0.2) is 36.8 Å². The lowest BCUT2D eigenvalue weighted by Crippen LogP contribution is -2.48. The molecule has 6 nitrogen and oxygen atoms in total. The Bertz CT molecular complexity index is 1450. The summed E-state index contributed by atoms with van der Waals surface area (Å²) in [5, 5.41) is 0. The van der Waals surface area contributed by atoms with Crippen molar-refractivity contribution in [3.63, 3.8) is 0 Å². The molecule has 6 rings (SSSR count). The van der Waals surface area contributed by atoms with Gasteiger partial charge in [-0.3, -0.25) is 14.4 Å². The number of ether oxygens (including phenoxy) is 1. The molecule has 2 fully saturated rings. The van der Waals surface area contributed by atoms with Crippen molar-refractivity contribution >= 4 is 51.0 Å². The fraction of sp³-hybridized carbons (Fsp3) is 0.179. The smallest absolute Gasteiger partial charge is 0.240 e. The quantitative estimate of drug-likeness (QED) is 0.345. The zero-order chi connectivity index (χ0) is 25.1. The van der Waals surface area contributed by atoms with E-state index < -0.39 is 35.6 Å². The topological polar surface area (TPSA) is 66.9 Å². The number of carbonyl (C=O) groups excluding carboxylic acids is 3. The van der Waals surface area contributed by atoms with Gasteiger partial charge in [0.1, 0.15) is 17.6 Å². The van der Waals surface area contributed by atoms with Crippen LogP contribution >= 0.6 is 15.9 Å². The van der Waals surface area contributed by atoms with E-state index in [1.54, 1.807) is 18.2 Å². The molecule has 3 aliphatic heterocycles. The van der Waals surface area contributed by atoms with E-state index >= 15 is 0 Å². The Labute approximate surface area is 215 Å². The van der Waals surface area contributed by atoms with E-state index in [9.17, 15) is 18.8 Å². The Hall–Kier alpha value is -3.78. The maximum atomic E-state index is 14.1. The summed E-state index contributed by atoms with van der Waals surface area (Å²) in [5.41, 5.74) is 2.42. The molecule has 3 aliphatic rings. The Morgan fingerprint density at radius 1 is 0.972 bits per heavy atom. The summed E-state index contributed by atoms with van der Waals surface area (Å²) in [7, 11) is 1.54. The van der Waals surface area contributed by atoms with Gasteiger partial charge in [-0.1, -0.05) is 30.4 Å². The van der Waals surface area contributed by atoms with Crippen LogP contribution in [0.5, 0.6) is 5.75 Å². The second-order valence-electron chi connectivity index (χ2n) is 9.01. The van der Waals surface area contributed by atoms with E-state index in [4.69, 9.17) is 4.74 Å². The van der Waals surface area contributed by atoms with Crippen molar-refractivity contribution in [3.8, 4) is 5.75 Å². The number of Topliss-reactive ketones (excluding diaryl/α,β-unsaturated/α-hetero) is 1. The third kappa shape index (κ3) is 3.24. The number of amides is 2. The minimum absolute atomic E-state index is 0.261. The number of hydrogen-bond acceptors (Lipinski definition) is 5. The number of anilines is 2.